The number of nitrogens with one attached hydrogen (secondary N) is 1. The fourth-order valence-corrected chi connectivity index (χ4v) is 1.79. The van der Waals surface area contributed by atoms with Gasteiger partial charge in [-0.15, -0.1) is 0 Å². The molecule has 0 saturated heterocycles. The van der Waals surface area contributed by atoms with Gasteiger partial charge in [-0.3, -0.25) is 4.79 Å². The Balaban J connectivity index is 1.88. The molecular formula is C16H13ClFNO3. The lowest BCUT2D eigenvalue weighted by molar-refractivity contribution is -0.119. The highest BCUT2D eigenvalue weighted by Crippen LogP contribution is 2.14. The second-order valence-electron chi connectivity index (χ2n) is 4.60. The number of halogens is 2. The molecule has 2 rings (SSSR count). The maximum atomic E-state index is 13.4. The standard InChI is InChI=1S/C16H13ClFNO3/c1-10-2-7-13(8-14(10)18)19-15(20)9-22-16(21)11-3-5-12(17)6-4-11/h2-8H,9H2,1H3,(H,19,20). The van der Waals surface area contributed by atoms with E-state index in [9.17, 15) is 14.0 Å². The van der Waals surface area contributed by atoms with Crippen molar-refractivity contribution in [3.63, 3.8) is 0 Å². The lowest BCUT2D eigenvalue weighted by Gasteiger charge is -2.07. The molecule has 0 radical (unpaired) electrons. The van der Waals surface area contributed by atoms with Crippen molar-refractivity contribution in [3.05, 3.63) is 64.4 Å². The van der Waals surface area contributed by atoms with E-state index in [0.717, 1.165) is 0 Å². The molecule has 2 aromatic rings. The van der Waals surface area contributed by atoms with Crippen molar-refractivity contribution in [1.29, 1.82) is 0 Å². The van der Waals surface area contributed by atoms with Crippen LogP contribution in [0.2, 0.25) is 5.02 Å². The van der Waals surface area contributed by atoms with Gasteiger partial charge in [-0.1, -0.05) is 17.7 Å². The fraction of sp³-hybridized carbons (Fsp3) is 0.125. The van der Waals surface area contributed by atoms with Gasteiger partial charge in [0.1, 0.15) is 5.82 Å². The average Bonchev–Trinajstić information content (AvgIpc) is 2.49. The molecule has 0 saturated carbocycles. The molecule has 1 N–H and O–H groups in total. The molecule has 0 aromatic heterocycles. The molecular weight excluding hydrogens is 309 g/mol. The Morgan fingerprint density at radius 2 is 1.86 bits per heavy atom. The largest absolute Gasteiger partial charge is 0.452 e. The number of anilines is 1. The Labute approximate surface area is 131 Å². The summed E-state index contributed by atoms with van der Waals surface area (Å²) in [6, 6.07) is 10.4. The summed E-state index contributed by atoms with van der Waals surface area (Å²) in [6.45, 7) is 1.16. The highest BCUT2D eigenvalue weighted by Gasteiger charge is 2.10. The number of rotatable bonds is 4. The molecule has 0 aliphatic heterocycles. The Morgan fingerprint density at radius 3 is 2.50 bits per heavy atom. The highest BCUT2D eigenvalue weighted by molar-refractivity contribution is 6.30. The summed E-state index contributed by atoms with van der Waals surface area (Å²) < 4.78 is 18.2. The highest BCUT2D eigenvalue weighted by atomic mass is 35.5. The first-order chi connectivity index (χ1) is 10.5. The lowest BCUT2D eigenvalue weighted by atomic mass is 10.2. The van der Waals surface area contributed by atoms with Gasteiger partial charge in [0.25, 0.3) is 5.91 Å². The van der Waals surface area contributed by atoms with Crippen molar-refractivity contribution in [2.75, 3.05) is 11.9 Å². The summed E-state index contributed by atoms with van der Waals surface area (Å²) in [6.07, 6.45) is 0. The van der Waals surface area contributed by atoms with Crippen molar-refractivity contribution in [1.82, 2.24) is 0 Å². The van der Waals surface area contributed by atoms with E-state index in [2.05, 4.69) is 5.32 Å². The number of carbonyl (C=O) groups is 2. The maximum absolute atomic E-state index is 13.4. The quantitative estimate of drug-likeness (QED) is 0.876. The van der Waals surface area contributed by atoms with Gasteiger partial charge >= 0.3 is 5.97 Å². The molecule has 0 spiro atoms. The number of hydrogen-bond acceptors (Lipinski definition) is 3. The van der Waals surface area contributed by atoms with E-state index >= 15 is 0 Å². The SMILES string of the molecule is Cc1ccc(NC(=O)COC(=O)c2ccc(Cl)cc2)cc1F. The van der Waals surface area contributed by atoms with E-state index in [1.807, 2.05) is 0 Å². The van der Waals surface area contributed by atoms with Gasteiger partial charge in [0.05, 0.1) is 5.56 Å². The van der Waals surface area contributed by atoms with E-state index in [4.69, 9.17) is 16.3 Å². The van der Waals surface area contributed by atoms with Crippen LogP contribution in [0, 0.1) is 12.7 Å². The Hall–Kier alpha value is -2.40. The molecule has 1 amide bonds. The second kappa shape index (κ2) is 7.04. The van der Waals surface area contributed by atoms with Crippen LogP contribution in [0.4, 0.5) is 10.1 Å². The van der Waals surface area contributed by atoms with Crippen LogP contribution in [0.1, 0.15) is 15.9 Å². The average molecular weight is 322 g/mol. The van der Waals surface area contributed by atoms with Crippen LogP contribution < -0.4 is 5.32 Å². The summed E-state index contributed by atoms with van der Waals surface area (Å²) in [5.74, 6) is -1.61. The molecule has 0 unspecified atom stereocenters. The molecule has 6 heteroatoms. The Morgan fingerprint density at radius 1 is 1.18 bits per heavy atom. The zero-order valence-electron chi connectivity index (χ0n) is 11.7. The minimum atomic E-state index is -0.637. The Bertz CT molecular complexity index is 701. The molecule has 0 aliphatic rings. The predicted octanol–water partition coefficient (Wildman–Crippen LogP) is 3.58. The summed E-state index contributed by atoms with van der Waals surface area (Å²) in [7, 11) is 0. The van der Waals surface area contributed by atoms with E-state index < -0.39 is 24.3 Å². The third-order valence-corrected chi connectivity index (χ3v) is 3.12. The van der Waals surface area contributed by atoms with Gasteiger partial charge in [-0.2, -0.15) is 0 Å². The fourth-order valence-electron chi connectivity index (χ4n) is 1.67. The van der Waals surface area contributed by atoms with E-state index in [1.165, 1.54) is 18.2 Å². The predicted molar refractivity (Wildman–Crippen MR) is 81.5 cm³/mol. The summed E-state index contributed by atoms with van der Waals surface area (Å²) in [4.78, 5) is 23.4. The smallest absolute Gasteiger partial charge is 0.338 e. The molecule has 0 aliphatic carbocycles. The number of benzene rings is 2. The first-order valence-electron chi connectivity index (χ1n) is 6.44. The van der Waals surface area contributed by atoms with Crippen molar-refractivity contribution >= 4 is 29.2 Å². The number of esters is 1. The van der Waals surface area contributed by atoms with Crippen LogP contribution in [0.3, 0.4) is 0 Å². The molecule has 22 heavy (non-hydrogen) atoms. The van der Waals surface area contributed by atoms with E-state index in [0.29, 0.717) is 21.8 Å². The van der Waals surface area contributed by atoms with Crippen molar-refractivity contribution in [2.45, 2.75) is 6.92 Å². The maximum Gasteiger partial charge on any atom is 0.338 e. The lowest BCUT2D eigenvalue weighted by Crippen LogP contribution is -2.21. The first-order valence-corrected chi connectivity index (χ1v) is 6.82. The third kappa shape index (κ3) is 4.30. The first kappa shape index (κ1) is 16.0. The van der Waals surface area contributed by atoms with Gasteiger partial charge in [-0.05, 0) is 48.9 Å². The molecule has 0 fully saturated rings. The zero-order chi connectivity index (χ0) is 16.1. The van der Waals surface area contributed by atoms with Crippen molar-refractivity contribution in [2.24, 2.45) is 0 Å². The van der Waals surface area contributed by atoms with Crippen LogP contribution in [0.15, 0.2) is 42.5 Å². The monoisotopic (exact) mass is 321 g/mol. The van der Waals surface area contributed by atoms with Crippen molar-refractivity contribution in [3.8, 4) is 0 Å². The van der Waals surface area contributed by atoms with Crippen molar-refractivity contribution < 1.29 is 18.7 Å². The summed E-state index contributed by atoms with van der Waals surface area (Å²) in [5.41, 5.74) is 1.07. The van der Waals surface area contributed by atoms with Gasteiger partial charge in [-0.25, -0.2) is 9.18 Å². The number of carbonyl (C=O) groups excluding carboxylic acids is 2. The minimum Gasteiger partial charge on any atom is -0.452 e. The molecule has 4 nitrogen and oxygen atoms in total. The number of aryl methyl sites for hydroxylation is 1. The van der Waals surface area contributed by atoms with Crippen LogP contribution in [0.5, 0.6) is 0 Å². The molecule has 2 aromatic carbocycles. The minimum absolute atomic E-state index is 0.290. The molecule has 114 valence electrons. The Kier molecular flexibility index (Phi) is 5.12. The van der Waals surface area contributed by atoms with Gasteiger partial charge < -0.3 is 10.1 Å². The van der Waals surface area contributed by atoms with E-state index in [1.54, 1.807) is 31.2 Å². The number of amides is 1. The van der Waals surface area contributed by atoms with Crippen LogP contribution in [-0.4, -0.2) is 18.5 Å². The normalized spacial score (nSPS) is 10.1. The van der Waals surface area contributed by atoms with Gasteiger partial charge in [0, 0.05) is 10.7 Å². The number of ether oxygens (including phenoxy) is 1. The van der Waals surface area contributed by atoms with Crippen LogP contribution in [0.25, 0.3) is 0 Å². The number of hydrogen-bond donors (Lipinski definition) is 1. The third-order valence-electron chi connectivity index (χ3n) is 2.87. The van der Waals surface area contributed by atoms with Gasteiger partial charge in [0.15, 0.2) is 6.61 Å². The topological polar surface area (TPSA) is 55.4 Å². The second-order valence-corrected chi connectivity index (χ2v) is 5.03. The summed E-state index contributed by atoms with van der Waals surface area (Å²) in [5, 5.41) is 2.94. The molecule has 0 atom stereocenters. The zero-order valence-corrected chi connectivity index (χ0v) is 12.5. The molecule has 0 heterocycles. The van der Waals surface area contributed by atoms with E-state index in [-0.39, 0.29) is 0 Å². The molecule has 0 bridgehead atoms. The van der Waals surface area contributed by atoms with Crippen LogP contribution >= 0.6 is 11.6 Å². The van der Waals surface area contributed by atoms with Crippen LogP contribution in [-0.2, 0) is 9.53 Å². The summed E-state index contributed by atoms with van der Waals surface area (Å²) >= 11 is 5.71. The van der Waals surface area contributed by atoms with Gasteiger partial charge in [0.2, 0.25) is 0 Å².